The Morgan fingerprint density at radius 2 is 1.87 bits per heavy atom. The van der Waals surface area contributed by atoms with Gasteiger partial charge in [-0.05, 0) is 36.8 Å². The fourth-order valence-corrected chi connectivity index (χ4v) is 4.19. The summed E-state index contributed by atoms with van der Waals surface area (Å²) in [5.74, 6) is -0.535. The number of aliphatic hydroxyl groups excluding tert-OH is 1. The molecule has 0 atom stereocenters. The maximum atomic E-state index is 12.6. The lowest BCUT2D eigenvalue weighted by molar-refractivity contribution is -0.110. The molecule has 1 amide bonds. The third kappa shape index (κ3) is 3.56. The molecule has 31 heavy (non-hydrogen) atoms. The number of nitrogens with zero attached hydrogens (tertiary/aromatic N) is 2. The minimum atomic E-state index is -0.419. The molecule has 3 aromatic rings. The average molecular weight is 438 g/mol. The standard InChI is InChI=1S/C23H20ClN3O4/c1-13-10-20(31-26-13)22(28)21-17-11-16(18(24)12-19(17)25-23(21)29)14-2-4-15(5-3-14)27-6-8-30-9-7-27/h2-5,10-12,28H,6-9H2,1H3,(H,25,29)/b22-21+. The van der Waals surface area contributed by atoms with Crippen molar-refractivity contribution in [2.24, 2.45) is 0 Å². The van der Waals surface area contributed by atoms with Crippen molar-refractivity contribution in [3.8, 4) is 11.1 Å². The zero-order chi connectivity index (χ0) is 21.5. The first-order valence-electron chi connectivity index (χ1n) is 9.96. The number of amides is 1. The second-order valence-corrected chi connectivity index (χ2v) is 7.94. The Morgan fingerprint density at radius 1 is 1.13 bits per heavy atom. The number of carbonyl (C=O) groups excluding carboxylic acids is 1. The molecule has 0 bridgehead atoms. The van der Waals surface area contributed by atoms with E-state index < -0.39 is 5.91 Å². The van der Waals surface area contributed by atoms with Gasteiger partial charge in [-0.2, -0.15) is 0 Å². The van der Waals surface area contributed by atoms with Gasteiger partial charge in [0.2, 0.25) is 5.76 Å². The second-order valence-electron chi connectivity index (χ2n) is 7.53. The summed E-state index contributed by atoms with van der Waals surface area (Å²) in [5.41, 5.74) is 4.66. The lowest BCUT2D eigenvalue weighted by Crippen LogP contribution is -2.36. The van der Waals surface area contributed by atoms with Crippen LogP contribution in [0, 0.1) is 6.92 Å². The van der Waals surface area contributed by atoms with Crippen LogP contribution in [-0.2, 0) is 9.53 Å². The van der Waals surface area contributed by atoms with Crippen LogP contribution in [0.3, 0.4) is 0 Å². The van der Waals surface area contributed by atoms with Crippen LogP contribution < -0.4 is 10.2 Å². The summed E-state index contributed by atoms with van der Waals surface area (Å²) in [6.07, 6.45) is 0. The third-order valence-corrected chi connectivity index (χ3v) is 5.82. The first-order chi connectivity index (χ1) is 15.0. The summed E-state index contributed by atoms with van der Waals surface area (Å²) in [7, 11) is 0. The van der Waals surface area contributed by atoms with E-state index in [9.17, 15) is 9.90 Å². The number of aryl methyl sites for hydroxylation is 1. The predicted molar refractivity (Wildman–Crippen MR) is 119 cm³/mol. The van der Waals surface area contributed by atoms with Crippen molar-refractivity contribution in [1.82, 2.24) is 5.16 Å². The Balaban J connectivity index is 1.54. The molecular formula is C23H20ClN3O4. The van der Waals surface area contributed by atoms with Crippen LogP contribution in [0.15, 0.2) is 47.0 Å². The van der Waals surface area contributed by atoms with Gasteiger partial charge >= 0.3 is 0 Å². The number of halogens is 1. The van der Waals surface area contributed by atoms with Crippen molar-refractivity contribution < 1.29 is 19.2 Å². The van der Waals surface area contributed by atoms with Gasteiger partial charge in [0.1, 0.15) is 0 Å². The number of ether oxygens (including phenoxy) is 1. The fourth-order valence-electron chi connectivity index (χ4n) is 3.92. The zero-order valence-corrected chi connectivity index (χ0v) is 17.6. The molecule has 1 aromatic heterocycles. The highest BCUT2D eigenvalue weighted by Gasteiger charge is 2.31. The molecule has 5 rings (SSSR count). The molecule has 8 heteroatoms. The number of hydrogen-bond donors (Lipinski definition) is 2. The lowest BCUT2D eigenvalue weighted by atomic mass is 9.98. The number of rotatable bonds is 3. The molecule has 2 N–H and O–H groups in total. The van der Waals surface area contributed by atoms with E-state index in [2.05, 4.69) is 27.5 Å². The van der Waals surface area contributed by atoms with E-state index in [4.69, 9.17) is 20.9 Å². The first-order valence-corrected chi connectivity index (χ1v) is 10.3. The summed E-state index contributed by atoms with van der Waals surface area (Å²) in [6, 6.07) is 13.2. The molecule has 0 unspecified atom stereocenters. The molecular weight excluding hydrogens is 418 g/mol. The van der Waals surface area contributed by atoms with Crippen molar-refractivity contribution in [2.75, 3.05) is 36.5 Å². The fraction of sp³-hybridized carbons (Fsp3) is 0.217. The van der Waals surface area contributed by atoms with Gasteiger partial charge in [0.25, 0.3) is 5.91 Å². The third-order valence-electron chi connectivity index (χ3n) is 5.50. The van der Waals surface area contributed by atoms with Gasteiger partial charge < -0.3 is 24.6 Å². The van der Waals surface area contributed by atoms with Crippen molar-refractivity contribution in [1.29, 1.82) is 0 Å². The van der Waals surface area contributed by atoms with Gasteiger partial charge in [0, 0.05) is 36.0 Å². The Kier molecular flexibility index (Phi) is 4.92. The van der Waals surface area contributed by atoms with E-state index in [1.807, 2.05) is 18.2 Å². The number of aromatic nitrogens is 1. The van der Waals surface area contributed by atoms with E-state index in [0.717, 1.165) is 43.1 Å². The van der Waals surface area contributed by atoms with E-state index in [1.165, 1.54) is 0 Å². The Morgan fingerprint density at radius 3 is 2.55 bits per heavy atom. The van der Waals surface area contributed by atoms with Crippen LogP contribution in [0.2, 0.25) is 5.02 Å². The summed E-state index contributed by atoms with van der Waals surface area (Å²) in [4.78, 5) is 14.9. The quantitative estimate of drug-likeness (QED) is 0.462. The highest BCUT2D eigenvalue weighted by Crippen LogP contribution is 2.42. The van der Waals surface area contributed by atoms with Crippen LogP contribution in [0.5, 0.6) is 0 Å². The Hall–Kier alpha value is -3.29. The second kappa shape index (κ2) is 7.76. The van der Waals surface area contributed by atoms with Crippen molar-refractivity contribution in [3.05, 3.63) is 64.5 Å². The molecule has 2 aromatic carbocycles. The predicted octanol–water partition coefficient (Wildman–Crippen LogP) is 4.52. The van der Waals surface area contributed by atoms with Crippen LogP contribution in [0.4, 0.5) is 11.4 Å². The SMILES string of the molecule is Cc1cc(/C(O)=C2\C(=O)Nc3cc(Cl)c(-c4ccc(N5CCOCC5)cc4)cc32)on1. The van der Waals surface area contributed by atoms with Crippen LogP contribution in [0.25, 0.3) is 22.5 Å². The van der Waals surface area contributed by atoms with E-state index in [1.54, 1.807) is 19.1 Å². The van der Waals surface area contributed by atoms with Crippen LogP contribution >= 0.6 is 11.6 Å². The average Bonchev–Trinajstić information content (AvgIpc) is 3.35. The number of nitrogens with one attached hydrogen (secondary N) is 1. The molecule has 0 saturated carbocycles. The van der Waals surface area contributed by atoms with Crippen LogP contribution in [0.1, 0.15) is 17.0 Å². The van der Waals surface area contributed by atoms with E-state index in [-0.39, 0.29) is 17.1 Å². The van der Waals surface area contributed by atoms with Gasteiger partial charge in [-0.15, -0.1) is 0 Å². The summed E-state index contributed by atoms with van der Waals surface area (Å²) >= 11 is 6.54. The number of carbonyl (C=O) groups is 1. The molecule has 3 heterocycles. The maximum Gasteiger partial charge on any atom is 0.260 e. The molecule has 2 aliphatic rings. The van der Waals surface area contributed by atoms with Gasteiger partial charge in [0.15, 0.2) is 5.76 Å². The molecule has 158 valence electrons. The summed E-state index contributed by atoms with van der Waals surface area (Å²) < 4.78 is 10.5. The lowest BCUT2D eigenvalue weighted by Gasteiger charge is -2.29. The Bertz CT molecular complexity index is 1190. The maximum absolute atomic E-state index is 12.6. The minimum Gasteiger partial charge on any atom is -0.504 e. The van der Waals surface area contributed by atoms with E-state index >= 15 is 0 Å². The number of fused-ring (bicyclic) bond motifs is 1. The van der Waals surface area contributed by atoms with Crippen molar-refractivity contribution in [2.45, 2.75) is 6.92 Å². The largest absolute Gasteiger partial charge is 0.504 e. The number of aliphatic hydroxyl groups is 1. The van der Waals surface area contributed by atoms with Gasteiger partial charge in [0.05, 0.1) is 35.2 Å². The number of morpholine rings is 1. The van der Waals surface area contributed by atoms with Gasteiger partial charge in [-0.25, -0.2) is 0 Å². The molecule has 0 aliphatic carbocycles. The highest BCUT2D eigenvalue weighted by molar-refractivity contribution is 6.38. The monoisotopic (exact) mass is 437 g/mol. The van der Waals surface area contributed by atoms with E-state index in [0.29, 0.717) is 22.0 Å². The number of benzene rings is 2. The summed E-state index contributed by atoms with van der Waals surface area (Å²) in [5, 5.41) is 17.7. The number of hydrogen-bond acceptors (Lipinski definition) is 6. The molecule has 7 nitrogen and oxygen atoms in total. The van der Waals surface area contributed by atoms with Gasteiger partial charge in [-0.1, -0.05) is 28.9 Å². The normalized spacial score (nSPS) is 17.5. The molecule has 0 spiro atoms. The topological polar surface area (TPSA) is 87.8 Å². The first kappa shape index (κ1) is 19.7. The molecule has 1 fully saturated rings. The van der Waals surface area contributed by atoms with Crippen LogP contribution in [-0.4, -0.2) is 42.5 Å². The molecule has 2 aliphatic heterocycles. The van der Waals surface area contributed by atoms with Gasteiger partial charge in [-0.3, -0.25) is 4.79 Å². The zero-order valence-electron chi connectivity index (χ0n) is 16.8. The molecule has 0 radical (unpaired) electrons. The smallest absolute Gasteiger partial charge is 0.260 e. The summed E-state index contributed by atoms with van der Waals surface area (Å²) in [6.45, 7) is 4.92. The Labute approximate surface area is 183 Å². The van der Waals surface area contributed by atoms with Crippen molar-refractivity contribution in [3.63, 3.8) is 0 Å². The molecule has 1 saturated heterocycles. The minimum absolute atomic E-state index is 0.133. The van der Waals surface area contributed by atoms with Crippen molar-refractivity contribution >= 4 is 40.2 Å². The highest BCUT2D eigenvalue weighted by atomic mass is 35.5. The number of anilines is 2.